The van der Waals surface area contributed by atoms with Crippen LogP contribution in [0, 0.1) is 5.82 Å². The number of carbonyl (C=O) groups is 2. The zero-order chi connectivity index (χ0) is 17.4. The molecule has 24 heavy (non-hydrogen) atoms. The lowest BCUT2D eigenvalue weighted by atomic mass is 10.1. The van der Waals surface area contributed by atoms with Gasteiger partial charge in [0.2, 0.25) is 5.91 Å². The monoisotopic (exact) mass is 334 g/mol. The first-order chi connectivity index (χ1) is 11.6. The van der Waals surface area contributed by atoms with Gasteiger partial charge in [-0.2, -0.15) is 0 Å². The molecule has 6 nitrogen and oxygen atoms in total. The van der Waals surface area contributed by atoms with E-state index in [1.165, 1.54) is 25.5 Å². The summed E-state index contributed by atoms with van der Waals surface area (Å²) in [5.41, 5.74) is 0.717. The molecule has 0 unspecified atom stereocenters. The molecule has 0 spiro atoms. The van der Waals surface area contributed by atoms with E-state index in [1.807, 2.05) is 0 Å². The van der Waals surface area contributed by atoms with Gasteiger partial charge >= 0.3 is 0 Å². The molecule has 0 aliphatic rings. The van der Waals surface area contributed by atoms with Crippen LogP contribution in [0.25, 0.3) is 0 Å². The molecule has 0 saturated carbocycles. The van der Waals surface area contributed by atoms with Crippen molar-refractivity contribution in [2.24, 2.45) is 0 Å². The van der Waals surface area contributed by atoms with Gasteiger partial charge in [-0.15, -0.1) is 0 Å². The van der Waals surface area contributed by atoms with Crippen LogP contribution < -0.4 is 15.4 Å². The van der Waals surface area contributed by atoms with Gasteiger partial charge in [0.25, 0.3) is 5.91 Å². The quantitative estimate of drug-likeness (QED) is 0.723. The Kier molecular flexibility index (Phi) is 6.36. The minimum absolute atomic E-state index is 0.168. The van der Waals surface area contributed by atoms with Crippen molar-refractivity contribution in [3.05, 3.63) is 53.7 Å². The normalized spacial score (nSPS) is 10.2. The highest BCUT2D eigenvalue weighted by molar-refractivity contribution is 5.91. The fourth-order valence-corrected chi connectivity index (χ4v) is 2.08. The van der Waals surface area contributed by atoms with Crippen LogP contribution in [0.5, 0.6) is 5.75 Å². The van der Waals surface area contributed by atoms with Crippen molar-refractivity contribution < 1.29 is 23.1 Å². The summed E-state index contributed by atoms with van der Waals surface area (Å²) >= 11 is 0. The number of benzene rings is 1. The fraction of sp³-hybridized carbons (Fsp3) is 0.294. The molecule has 2 aromatic rings. The van der Waals surface area contributed by atoms with Gasteiger partial charge in [-0.05, 0) is 36.2 Å². The van der Waals surface area contributed by atoms with Gasteiger partial charge < -0.3 is 19.8 Å². The smallest absolute Gasteiger partial charge is 0.287 e. The van der Waals surface area contributed by atoms with Crippen LogP contribution >= 0.6 is 0 Å². The molecule has 0 aliphatic carbocycles. The second-order valence-corrected chi connectivity index (χ2v) is 5.05. The second-order valence-electron chi connectivity index (χ2n) is 5.05. The minimum atomic E-state index is -0.448. The van der Waals surface area contributed by atoms with Gasteiger partial charge in [-0.25, -0.2) is 4.39 Å². The van der Waals surface area contributed by atoms with Crippen LogP contribution in [0.4, 0.5) is 4.39 Å². The highest BCUT2D eigenvalue weighted by Gasteiger charge is 2.08. The third-order valence-corrected chi connectivity index (χ3v) is 3.33. The number of halogens is 1. The van der Waals surface area contributed by atoms with Crippen molar-refractivity contribution in [2.75, 3.05) is 20.2 Å². The Morgan fingerprint density at radius 2 is 2.00 bits per heavy atom. The zero-order valence-corrected chi connectivity index (χ0v) is 13.3. The first-order valence-electron chi connectivity index (χ1n) is 7.51. The van der Waals surface area contributed by atoms with Gasteiger partial charge in [0, 0.05) is 19.5 Å². The van der Waals surface area contributed by atoms with Gasteiger partial charge in [0.1, 0.15) is 0 Å². The Hall–Kier alpha value is -2.83. The topological polar surface area (TPSA) is 80.6 Å². The predicted octanol–water partition coefficient (Wildman–Crippen LogP) is 1.91. The second kappa shape index (κ2) is 8.71. The Balaban J connectivity index is 1.65. The largest absolute Gasteiger partial charge is 0.494 e. The molecule has 2 N–H and O–H groups in total. The Morgan fingerprint density at radius 3 is 2.67 bits per heavy atom. The number of rotatable bonds is 8. The van der Waals surface area contributed by atoms with E-state index in [2.05, 4.69) is 10.6 Å². The summed E-state index contributed by atoms with van der Waals surface area (Å²) in [6.45, 7) is 0.602. The first-order valence-corrected chi connectivity index (χ1v) is 7.51. The lowest BCUT2D eigenvalue weighted by Crippen LogP contribution is -2.34. The van der Waals surface area contributed by atoms with Gasteiger partial charge in [-0.1, -0.05) is 6.07 Å². The van der Waals surface area contributed by atoms with E-state index in [9.17, 15) is 14.0 Å². The maximum atomic E-state index is 13.5. The van der Waals surface area contributed by atoms with E-state index in [-0.39, 0.29) is 29.7 Å². The van der Waals surface area contributed by atoms with Crippen molar-refractivity contribution in [3.63, 3.8) is 0 Å². The van der Waals surface area contributed by atoms with E-state index in [0.29, 0.717) is 19.5 Å². The summed E-state index contributed by atoms with van der Waals surface area (Å²) in [6.07, 6.45) is 2.07. The number of aryl methyl sites for hydroxylation is 1. The third kappa shape index (κ3) is 5.12. The summed E-state index contributed by atoms with van der Waals surface area (Å²) in [5, 5.41) is 5.31. The van der Waals surface area contributed by atoms with E-state index >= 15 is 0 Å². The number of amides is 2. The summed E-state index contributed by atoms with van der Waals surface area (Å²) in [6, 6.07) is 7.79. The van der Waals surface area contributed by atoms with Crippen molar-refractivity contribution in [2.45, 2.75) is 12.8 Å². The molecule has 0 atom stereocenters. The molecule has 0 bridgehead atoms. The first kappa shape index (κ1) is 17.5. The summed E-state index contributed by atoms with van der Waals surface area (Å²) < 4.78 is 23.3. The Bertz CT molecular complexity index is 686. The third-order valence-electron chi connectivity index (χ3n) is 3.33. The number of hydrogen-bond acceptors (Lipinski definition) is 4. The van der Waals surface area contributed by atoms with Crippen molar-refractivity contribution >= 4 is 11.8 Å². The summed E-state index contributed by atoms with van der Waals surface area (Å²) in [4.78, 5) is 23.3. The van der Waals surface area contributed by atoms with Crippen LogP contribution in [-0.4, -0.2) is 32.0 Å². The number of hydrogen-bond donors (Lipinski definition) is 2. The van der Waals surface area contributed by atoms with Crippen LogP contribution in [-0.2, 0) is 11.2 Å². The van der Waals surface area contributed by atoms with E-state index in [1.54, 1.807) is 18.2 Å². The molecule has 1 heterocycles. The number of furan rings is 1. The molecule has 0 fully saturated rings. The Morgan fingerprint density at radius 1 is 1.21 bits per heavy atom. The molecular weight excluding hydrogens is 315 g/mol. The maximum absolute atomic E-state index is 13.5. The van der Waals surface area contributed by atoms with Crippen LogP contribution in [0.1, 0.15) is 22.5 Å². The van der Waals surface area contributed by atoms with Crippen LogP contribution in [0.2, 0.25) is 0 Å². The predicted molar refractivity (Wildman–Crippen MR) is 85.3 cm³/mol. The Labute approximate surface area is 139 Å². The van der Waals surface area contributed by atoms with E-state index in [0.717, 1.165) is 5.56 Å². The fourth-order valence-electron chi connectivity index (χ4n) is 2.08. The van der Waals surface area contributed by atoms with Gasteiger partial charge in [-0.3, -0.25) is 9.59 Å². The minimum Gasteiger partial charge on any atom is -0.494 e. The lowest BCUT2D eigenvalue weighted by molar-refractivity contribution is -0.121. The molecule has 2 amide bonds. The lowest BCUT2D eigenvalue weighted by Gasteiger charge is -2.07. The number of nitrogens with one attached hydrogen (secondary N) is 2. The van der Waals surface area contributed by atoms with E-state index < -0.39 is 5.82 Å². The molecule has 0 radical (unpaired) electrons. The summed E-state index contributed by atoms with van der Waals surface area (Å²) in [5.74, 6) is -0.546. The van der Waals surface area contributed by atoms with Crippen molar-refractivity contribution in [3.8, 4) is 5.75 Å². The van der Waals surface area contributed by atoms with Gasteiger partial charge in [0.15, 0.2) is 17.3 Å². The SMILES string of the molecule is COc1ccc(CCC(=O)NCCNC(=O)c2ccco2)cc1F. The highest BCUT2D eigenvalue weighted by atomic mass is 19.1. The zero-order valence-electron chi connectivity index (χ0n) is 13.3. The average Bonchev–Trinajstić information content (AvgIpc) is 3.11. The molecule has 0 saturated heterocycles. The molecule has 1 aromatic carbocycles. The van der Waals surface area contributed by atoms with Gasteiger partial charge in [0.05, 0.1) is 13.4 Å². The molecule has 7 heteroatoms. The molecule has 0 aliphatic heterocycles. The molecule has 128 valence electrons. The van der Waals surface area contributed by atoms with Crippen molar-refractivity contribution in [1.82, 2.24) is 10.6 Å². The molecule has 2 rings (SSSR count). The standard InChI is InChI=1S/C17H19FN2O4/c1-23-14-6-4-12(11-13(14)18)5-7-16(21)19-8-9-20-17(22)15-3-2-10-24-15/h2-4,6,10-11H,5,7-9H2,1H3,(H,19,21)(H,20,22). The van der Waals surface area contributed by atoms with Crippen LogP contribution in [0.3, 0.4) is 0 Å². The van der Waals surface area contributed by atoms with E-state index in [4.69, 9.17) is 9.15 Å². The molecule has 1 aromatic heterocycles. The van der Waals surface area contributed by atoms with Crippen molar-refractivity contribution in [1.29, 1.82) is 0 Å². The maximum Gasteiger partial charge on any atom is 0.287 e. The highest BCUT2D eigenvalue weighted by Crippen LogP contribution is 2.18. The average molecular weight is 334 g/mol. The number of ether oxygens (including phenoxy) is 1. The van der Waals surface area contributed by atoms with Crippen LogP contribution in [0.15, 0.2) is 41.0 Å². The number of carbonyl (C=O) groups excluding carboxylic acids is 2. The number of methoxy groups -OCH3 is 1. The molecular formula is C17H19FN2O4. The summed E-state index contributed by atoms with van der Waals surface area (Å²) in [7, 11) is 1.40.